The summed E-state index contributed by atoms with van der Waals surface area (Å²) >= 11 is 0. The number of rotatable bonds is 2. The van der Waals surface area contributed by atoms with Crippen molar-refractivity contribution >= 4 is 10.8 Å². The van der Waals surface area contributed by atoms with Crippen molar-refractivity contribution in [3.8, 4) is 0 Å². The van der Waals surface area contributed by atoms with Crippen molar-refractivity contribution in [2.75, 3.05) is 0 Å². The van der Waals surface area contributed by atoms with Gasteiger partial charge in [-0.1, -0.05) is 31.2 Å². The van der Waals surface area contributed by atoms with Crippen molar-refractivity contribution in [2.24, 2.45) is 0 Å². The minimum atomic E-state index is 0.926. The molecule has 0 spiro atoms. The Morgan fingerprint density at radius 2 is 2.00 bits per heavy atom. The summed E-state index contributed by atoms with van der Waals surface area (Å²) in [6.07, 6.45) is 5.78. The van der Waals surface area contributed by atoms with Gasteiger partial charge in [-0.15, -0.1) is 0 Å². The van der Waals surface area contributed by atoms with Gasteiger partial charge >= 0.3 is 0 Å². The number of pyridine rings is 1. The van der Waals surface area contributed by atoms with Gasteiger partial charge in [0.25, 0.3) is 0 Å². The maximum absolute atomic E-state index is 4.20. The highest BCUT2D eigenvalue weighted by atomic mass is 14.6. The van der Waals surface area contributed by atoms with Crippen LogP contribution in [0.2, 0.25) is 0 Å². The van der Waals surface area contributed by atoms with Gasteiger partial charge in [0.2, 0.25) is 0 Å². The van der Waals surface area contributed by atoms with E-state index in [1.165, 1.54) is 16.3 Å². The molecule has 0 aliphatic heterocycles. The summed E-state index contributed by atoms with van der Waals surface area (Å²) in [6, 6.07) is 8.34. The van der Waals surface area contributed by atoms with E-state index in [4.69, 9.17) is 0 Å². The van der Waals surface area contributed by atoms with Gasteiger partial charge in [-0.3, -0.25) is 4.98 Å². The fourth-order valence-corrected chi connectivity index (χ4v) is 1.57. The second-order valence-electron chi connectivity index (χ2n) is 3.12. The average Bonchev–Trinajstić information content (AvgIpc) is 2.19. The normalized spacial score (nSPS) is 10.5. The third kappa shape index (κ3) is 1.55. The molecule has 1 aromatic heterocycles. The molecule has 2 aromatic rings. The fraction of sp³-hybridized carbons (Fsp3) is 0.167. The lowest BCUT2D eigenvalue weighted by Crippen LogP contribution is -1.87. The molecule has 0 atom stereocenters. The van der Waals surface area contributed by atoms with E-state index >= 15 is 0 Å². The van der Waals surface area contributed by atoms with Gasteiger partial charge in [0.1, 0.15) is 0 Å². The number of aromatic nitrogens is 1. The van der Waals surface area contributed by atoms with Gasteiger partial charge in [0, 0.05) is 17.8 Å². The number of fused-ring (bicyclic) bond motifs is 1. The smallest absolute Gasteiger partial charge is 0.0346 e. The quantitative estimate of drug-likeness (QED) is 0.675. The molecule has 0 aliphatic carbocycles. The molecule has 0 bridgehead atoms. The summed E-state index contributed by atoms with van der Waals surface area (Å²) in [5, 5.41) is 2.52. The molecule has 1 nitrogen and oxygen atoms in total. The van der Waals surface area contributed by atoms with Crippen molar-refractivity contribution in [3.63, 3.8) is 0 Å². The van der Waals surface area contributed by atoms with Crippen molar-refractivity contribution < 1.29 is 0 Å². The molecule has 2 rings (SSSR count). The van der Waals surface area contributed by atoms with Crippen LogP contribution in [0.3, 0.4) is 0 Å². The summed E-state index contributed by atoms with van der Waals surface area (Å²) in [6.45, 7) is 3.86. The molecule has 0 amide bonds. The Bertz CT molecular complexity index is 401. The molecule has 1 heteroatoms. The average molecular weight is 170 g/mol. The first kappa shape index (κ1) is 8.24. The van der Waals surface area contributed by atoms with Crippen LogP contribution < -0.4 is 0 Å². The minimum Gasteiger partial charge on any atom is -0.264 e. The van der Waals surface area contributed by atoms with Crippen LogP contribution >= 0.6 is 0 Å². The number of aryl methyl sites for hydroxylation is 1. The summed E-state index contributed by atoms with van der Waals surface area (Å²) in [5.41, 5.74) is 1.30. The number of nitrogens with zero attached hydrogens (tertiary/aromatic N) is 1. The predicted molar refractivity (Wildman–Crippen MR) is 55.4 cm³/mol. The zero-order valence-corrected chi connectivity index (χ0v) is 7.53. The van der Waals surface area contributed by atoms with Gasteiger partial charge in [-0.25, -0.2) is 0 Å². The Morgan fingerprint density at radius 3 is 2.85 bits per heavy atom. The van der Waals surface area contributed by atoms with E-state index in [-0.39, 0.29) is 0 Å². The fourth-order valence-electron chi connectivity index (χ4n) is 1.57. The first-order valence-electron chi connectivity index (χ1n) is 4.52. The molecule has 1 heterocycles. The van der Waals surface area contributed by atoms with E-state index in [2.05, 4.69) is 30.1 Å². The first-order chi connectivity index (χ1) is 6.42. The third-order valence-electron chi connectivity index (χ3n) is 2.20. The van der Waals surface area contributed by atoms with Crippen molar-refractivity contribution in [1.29, 1.82) is 0 Å². The highest BCUT2D eigenvalue weighted by Crippen LogP contribution is 2.17. The van der Waals surface area contributed by atoms with Crippen molar-refractivity contribution in [3.05, 3.63) is 49.1 Å². The van der Waals surface area contributed by atoms with Crippen LogP contribution in [0.4, 0.5) is 0 Å². The third-order valence-corrected chi connectivity index (χ3v) is 2.20. The summed E-state index contributed by atoms with van der Waals surface area (Å²) in [7, 11) is 0. The van der Waals surface area contributed by atoms with Crippen LogP contribution in [-0.2, 0) is 6.42 Å². The Labute approximate surface area is 78.4 Å². The van der Waals surface area contributed by atoms with Crippen LogP contribution in [0.15, 0.2) is 36.7 Å². The predicted octanol–water partition coefficient (Wildman–Crippen LogP) is 3.00. The van der Waals surface area contributed by atoms with Crippen LogP contribution in [0, 0.1) is 6.92 Å². The lowest BCUT2D eigenvalue weighted by molar-refractivity contribution is 0.999. The second-order valence-corrected chi connectivity index (χ2v) is 3.12. The Morgan fingerprint density at radius 1 is 1.15 bits per heavy atom. The molecule has 1 aromatic carbocycles. The zero-order chi connectivity index (χ0) is 9.10. The monoisotopic (exact) mass is 170 g/mol. The number of hydrogen-bond acceptors (Lipinski definition) is 1. The highest BCUT2D eigenvalue weighted by molar-refractivity contribution is 5.84. The highest BCUT2D eigenvalue weighted by Gasteiger charge is 1.98. The molecule has 65 valence electrons. The molecule has 0 unspecified atom stereocenters. The SMILES string of the molecule is [CH2]CCc1cncc2ccccc12. The van der Waals surface area contributed by atoms with E-state index in [9.17, 15) is 0 Å². The second kappa shape index (κ2) is 3.56. The molecule has 13 heavy (non-hydrogen) atoms. The standard InChI is InChI=1S/C12H12N/c1-2-5-10-8-13-9-11-6-3-4-7-12(10)11/h3-4,6-9H,1-2,5H2. The van der Waals surface area contributed by atoms with Gasteiger partial charge < -0.3 is 0 Å². The number of hydrogen-bond donors (Lipinski definition) is 0. The van der Waals surface area contributed by atoms with Crippen LogP contribution in [-0.4, -0.2) is 4.98 Å². The van der Waals surface area contributed by atoms with Gasteiger partial charge in [0.05, 0.1) is 0 Å². The zero-order valence-electron chi connectivity index (χ0n) is 7.53. The van der Waals surface area contributed by atoms with E-state index < -0.39 is 0 Å². The molecular formula is C12H12N. The van der Waals surface area contributed by atoms with Crippen molar-refractivity contribution in [1.82, 2.24) is 4.98 Å². The Balaban J connectivity index is 2.61. The molecule has 0 aliphatic rings. The van der Waals surface area contributed by atoms with Crippen LogP contribution in [0.25, 0.3) is 10.8 Å². The lowest BCUT2D eigenvalue weighted by Gasteiger charge is -2.03. The topological polar surface area (TPSA) is 12.9 Å². The molecule has 1 radical (unpaired) electrons. The molecule has 0 saturated heterocycles. The molecule has 0 saturated carbocycles. The van der Waals surface area contributed by atoms with Crippen LogP contribution in [0.1, 0.15) is 12.0 Å². The largest absolute Gasteiger partial charge is 0.264 e. The van der Waals surface area contributed by atoms with Gasteiger partial charge in [0.15, 0.2) is 0 Å². The Hall–Kier alpha value is -1.37. The van der Waals surface area contributed by atoms with Crippen molar-refractivity contribution in [2.45, 2.75) is 12.8 Å². The summed E-state index contributed by atoms with van der Waals surface area (Å²) in [4.78, 5) is 4.20. The van der Waals surface area contributed by atoms with E-state index in [1.807, 2.05) is 18.5 Å². The molecular weight excluding hydrogens is 158 g/mol. The lowest BCUT2D eigenvalue weighted by atomic mass is 10.0. The first-order valence-corrected chi connectivity index (χ1v) is 4.52. The van der Waals surface area contributed by atoms with Gasteiger partial charge in [-0.2, -0.15) is 0 Å². The summed E-state index contributed by atoms with van der Waals surface area (Å²) in [5.74, 6) is 0. The number of benzene rings is 1. The molecule has 0 N–H and O–H groups in total. The van der Waals surface area contributed by atoms with E-state index in [0.717, 1.165) is 12.8 Å². The maximum Gasteiger partial charge on any atom is 0.0346 e. The Kier molecular flexibility index (Phi) is 2.26. The van der Waals surface area contributed by atoms with E-state index in [1.54, 1.807) is 0 Å². The van der Waals surface area contributed by atoms with Gasteiger partial charge in [-0.05, 0) is 23.8 Å². The summed E-state index contributed by atoms with van der Waals surface area (Å²) < 4.78 is 0. The van der Waals surface area contributed by atoms with Crippen LogP contribution in [0.5, 0.6) is 0 Å². The van der Waals surface area contributed by atoms with E-state index in [0.29, 0.717) is 0 Å². The maximum atomic E-state index is 4.20. The minimum absolute atomic E-state index is 0.926. The molecule has 0 fully saturated rings.